The minimum atomic E-state index is -0.262. The van der Waals surface area contributed by atoms with Gasteiger partial charge in [0.2, 0.25) is 0 Å². The van der Waals surface area contributed by atoms with Gasteiger partial charge in [-0.05, 0) is 50.8 Å². The van der Waals surface area contributed by atoms with E-state index in [4.69, 9.17) is 10.5 Å². The molecule has 0 heterocycles. The molecule has 2 rings (SSSR count). The van der Waals surface area contributed by atoms with Crippen molar-refractivity contribution >= 4 is 5.57 Å². The third-order valence-electron chi connectivity index (χ3n) is 3.37. The van der Waals surface area contributed by atoms with Gasteiger partial charge in [-0.1, -0.05) is 6.08 Å². The maximum Gasteiger partial charge on any atom is 0.129 e. The summed E-state index contributed by atoms with van der Waals surface area (Å²) in [5.74, 6) is 0.367. The van der Waals surface area contributed by atoms with Crippen LogP contribution in [0.25, 0.3) is 5.57 Å². The van der Waals surface area contributed by atoms with Gasteiger partial charge < -0.3 is 10.5 Å². The van der Waals surface area contributed by atoms with Gasteiger partial charge in [-0.15, -0.1) is 0 Å². The first-order chi connectivity index (χ1) is 8.52. The fourth-order valence-electron chi connectivity index (χ4n) is 2.26. The minimum Gasteiger partial charge on any atom is -0.493 e. The molecule has 3 heteroatoms. The first-order valence-electron chi connectivity index (χ1n) is 6.42. The van der Waals surface area contributed by atoms with Crippen molar-refractivity contribution in [1.29, 1.82) is 0 Å². The Morgan fingerprint density at radius 2 is 2.22 bits per heavy atom. The lowest BCUT2D eigenvalue weighted by Crippen LogP contribution is -2.37. The van der Waals surface area contributed by atoms with Crippen LogP contribution in [0.1, 0.15) is 38.7 Å². The number of rotatable bonds is 3. The summed E-state index contributed by atoms with van der Waals surface area (Å²) < 4.78 is 18.8. The van der Waals surface area contributed by atoms with Gasteiger partial charge in [0.15, 0.2) is 0 Å². The molecule has 0 aliphatic heterocycles. The summed E-state index contributed by atoms with van der Waals surface area (Å²) in [6.45, 7) is 4.51. The first-order valence-corrected chi connectivity index (χ1v) is 6.42. The van der Waals surface area contributed by atoms with E-state index in [0.29, 0.717) is 12.4 Å². The molecule has 0 saturated carbocycles. The van der Waals surface area contributed by atoms with Crippen LogP contribution < -0.4 is 10.5 Å². The lowest BCUT2D eigenvalue weighted by molar-refractivity contribution is 0.336. The van der Waals surface area contributed by atoms with Crippen LogP contribution in [0.2, 0.25) is 0 Å². The van der Waals surface area contributed by atoms with E-state index in [1.54, 1.807) is 6.07 Å². The van der Waals surface area contributed by atoms with E-state index in [-0.39, 0.29) is 11.4 Å². The summed E-state index contributed by atoms with van der Waals surface area (Å²) in [7, 11) is 0. The lowest BCUT2D eigenvalue weighted by atomic mass is 9.82. The van der Waals surface area contributed by atoms with Crippen molar-refractivity contribution in [2.24, 2.45) is 5.73 Å². The SMILES string of the molecule is CCOc1cc(F)ccc1C1=CCC(C)(N)CC1. The van der Waals surface area contributed by atoms with Crippen molar-refractivity contribution in [2.45, 2.75) is 38.6 Å². The van der Waals surface area contributed by atoms with E-state index in [9.17, 15) is 4.39 Å². The first kappa shape index (κ1) is 13.1. The highest BCUT2D eigenvalue weighted by atomic mass is 19.1. The van der Waals surface area contributed by atoms with E-state index >= 15 is 0 Å². The van der Waals surface area contributed by atoms with Crippen LogP contribution in [0.3, 0.4) is 0 Å². The largest absolute Gasteiger partial charge is 0.493 e. The topological polar surface area (TPSA) is 35.2 Å². The monoisotopic (exact) mass is 249 g/mol. The number of nitrogens with two attached hydrogens (primary N) is 1. The third-order valence-corrected chi connectivity index (χ3v) is 3.37. The van der Waals surface area contributed by atoms with Crippen LogP contribution in [-0.4, -0.2) is 12.1 Å². The fourth-order valence-corrected chi connectivity index (χ4v) is 2.26. The van der Waals surface area contributed by atoms with Crippen LogP contribution in [0.5, 0.6) is 5.75 Å². The van der Waals surface area contributed by atoms with Gasteiger partial charge in [-0.25, -0.2) is 4.39 Å². The number of halogens is 1. The normalized spacial score (nSPS) is 23.7. The van der Waals surface area contributed by atoms with E-state index < -0.39 is 0 Å². The Balaban J connectivity index is 2.31. The molecular weight excluding hydrogens is 229 g/mol. The van der Waals surface area contributed by atoms with E-state index in [0.717, 1.165) is 24.8 Å². The van der Waals surface area contributed by atoms with E-state index in [1.165, 1.54) is 17.7 Å². The Morgan fingerprint density at radius 1 is 1.44 bits per heavy atom. The maximum absolute atomic E-state index is 13.2. The van der Waals surface area contributed by atoms with Crippen molar-refractivity contribution in [2.75, 3.05) is 6.61 Å². The van der Waals surface area contributed by atoms with Crippen LogP contribution in [0.4, 0.5) is 4.39 Å². The summed E-state index contributed by atoms with van der Waals surface area (Å²) in [5.41, 5.74) is 8.19. The average Bonchev–Trinajstić information content (AvgIpc) is 2.31. The molecule has 2 nitrogen and oxygen atoms in total. The quantitative estimate of drug-likeness (QED) is 0.889. The van der Waals surface area contributed by atoms with Crippen molar-refractivity contribution in [3.63, 3.8) is 0 Å². The number of benzene rings is 1. The zero-order valence-corrected chi connectivity index (χ0v) is 11.0. The highest BCUT2D eigenvalue weighted by Crippen LogP contribution is 2.35. The van der Waals surface area contributed by atoms with Gasteiger partial charge in [0.1, 0.15) is 11.6 Å². The fraction of sp³-hybridized carbons (Fsp3) is 0.467. The van der Waals surface area contributed by atoms with Crippen molar-refractivity contribution in [3.8, 4) is 5.75 Å². The number of ether oxygens (including phenoxy) is 1. The minimum absolute atomic E-state index is 0.116. The Bertz CT molecular complexity index is 466. The molecule has 0 aromatic heterocycles. The number of hydrogen-bond acceptors (Lipinski definition) is 2. The van der Waals surface area contributed by atoms with Gasteiger partial charge in [0, 0.05) is 17.2 Å². The molecule has 98 valence electrons. The molecule has 1 atom stereocenters. The molecule has 1 aliphatic rings. The van der Waals surface area contributed by atoms with Crippen LogP contribution in [-0.2, 0) is 0 Å². The van der Waals surface area contributed by atoms with Crippen LogP contribution in [0.15, 0.2) is 24.3 Å². The highest BCUT2D eigenvalue weighted by molar-refractivity contribution is 5.71. The Labute approximate surface area is 108 Å². The molecule has 0 spiro atoms. The van der Waals surface area contributed by atoms with Crippen LogP contribution in [0, 0.1) is 5.82 Å². The number of allylic oxidation sites excluding steroid dienone is 1. The predicted octanol–water partition coefficient (Wildman–Crippen LogP) is 3.51. The van der Waals surface area contributed by atoms with Gasteiger partial charge in [0.25, 0.3) is 0 Å². The van der Waals surface area contributed by atoms with E-state index in [2.05, 4.69) is 13.0 Å². The van der Waals surface area contributed by atoms with Crippen molar-refractivity contribution in [1.82, 2.24) is 0 Å². The average molecular weight is 249 g/mol. The molecule has 1 unspecified atom stereocenters. The zero-order valence-electron chi connectivity index (χ0n) is 11.0. The second-order valence-corrected chi connectivity index (χ2v) is 5.16. The molecule has 18 heavy (non-hydrogen) atoms. The summed E-state index contributed by atoms with van der Waals surface area (Å²) in [5, 5.41) is 0. The maximum atomic E-state index is 13.2. The summed E-state index contributed by atoms with van der Waals surface area (Å²) in [4.78, 5) is 0. The second kappa shape index (κ2) is 5.11. The molecule has 0 radical (unpaired) electrons. The number of hydrogen-bond donors (Lipinski definition) is 1. The molecule has 0 fully saturated rings. The standard InChI is InChI=1S/C15H20FNO/c1-3-18-14-10-12(16)4-5-13(14)11-6-8-15(2,17)9-7-11/h4-6,10H,3,7-9,17H2,1-2H3. The predicted molar refractivity (Wildman–Crippen MR) is 72.0 cm³/mol. The third kappa shape index (κ3) is 2.91. The zero-order chi connectivity index (χ0) is 13.2. The Hall–Kier alpha value is -1.35. The highest BCUT2D eigenvalue weighted by Gasteiger charge is 2.23. The molecule has 0 saturated heterocycles. The van der Waals surface area contributed by atoms with Gasteiger partial charge in [-0.3, -0.25) is 0 Å². The molecular formula is C15H20FNO. The molecule has 1 aromatic carbocycles. The second-order valence-electron chi connectivity index (χ2n) is 5.16. The molecule has 1 aromatic rings. The summed E-state index contributed by atoms with van der Waals surface area (Å²) >= 11 is 0. The van der Waals surface area contributed by atoms with Crippen molar-refractivity contribution in [3.05, 3.63) is 35.7 Å². The lowest BCUT2D eigenvalue weighted by Gasteiger charge is -2.29. The van der Waals surface area contributed by atoms with Crippen LogP contribution >= 0.6 is 0 Å². The van der Waals surface area contributed by atoms with E-state index in [1.807, 2.05) is 6.92 Å². The molecule has 2 N–H and O–H groups in total. The van der Waals surface area contributed by atoms with Gasteiger partial charge in [0.05, 0.1) is 6.61 Å². The Kier molecular flexibility index (Phi) is 3.71. The van der Waals surface area contributed by atoms with Crippen molar-refractivity contribution < 1.29 is 9.13 Å². The molecule has 0 bridgehead atoms. The molecule has 0 amide bonds. The Morgan fingerprint density at radius 3 is 2.83 bits per heavy atom. The smallest absolute Gasteiger partial charge is 0.129 e. The summed E-state index contributed by atoms with van der Waals surface area (Å²) in [6.07, 6.45) is 4.87. The van der Waals surface area contributed by atoms with Gasteiger partial charge in [-0.2, -0.15) is 0 Å². The van der Waals surface area contributed by atoms with Gasteiger partial charge >= 0.3 is 0 Å². The summed E-state index contributed by atoms with van der Waals surface area (Å²) in [6, 6.07) is 4.73. The molecule has 1 aliphatic carbocycles.